The number of benzene rings is 2. The Balaban J connectivity index is 1.79. The van der Waals surface area contributed by atoms with Crippen LogP contribution in [0.3, 0.4) is 0 Å². The van der Waals surface area contributed by atoms with E-state index in [0.717, 1.165) is 6.42 Å². The van der Waals surface area contributed by atoms with E-state index in [2.05, 4.69) is 36.4 Å². The van der Waals surface area contributed by atoms with Crippen molar-refractivity contribution in [3.05, 3.63) is 58.7 Å². The molecule has 20 heavy (non-hydrogen) atoms. The summed E-state index contributed by atoms with van der Waals surface area (Å²) in [6, 6.07) is 14.0. The summed E-state index contributed by atoms with van der Waals surface area (Å²) < 4.78 is 0. The van der Waals surface area contributed by atoms with Gasteiger partial charge in [0.05, 0.1) is 0 Å². The van der Waals surface area contributed by atoms with Crippen LogP contribution < -0.4 is 0 Å². The maximum atomic E-state index is 2.52. The highest BCUT2D eigenvalue weighted by atomic mass is 14.2. The Morgan fingerprint density at radius 1 is 0.550 bits per heavy atom. The van der Waals surface area contributed by atoms with Gasteiger partial charge in [0.2, 0.25) is 0 Å². The molecule has 0 aromatic heterocycles. The molecule has 2 aliphatic rings. The smallest absolute Gasteiger partial charge is 0.00134 e. The predicted octanol–water partition coefficient (Wildman–Crippen LogP) is 5.31. The van der Waals surface area contributed by atoms with Crippen molar-refractivity contribution in [2.45, 2.75) is 51.4 Å². The van der Waals surface area contributed by atoms with Gasteiger partial charge in [-0.1, -0.05) is 55.7 Å². The lowest BCUT2D eigenvalue weighted by Gasteiger charge is -2.12. The number of fused-ring (bicyclic) bond motifs is 4. The van der Waals surface area contributed by atoms with Crippen LogP contribution in [0.2, 0.25) is 0 Å². The van der Waals surface area contributed by atoms with E-state index >= 15 is 0 Å². The minimum Gasteiger partial charge on any atom is -0.0619 e. The summed E-state index contributed by atoms with van der Waals surface area (Å²) in [5.41, 5.74) is 9.33. The van der Waals surface area contributed by atoms with Gasteiger partial charge in [-0.2, -0.15) is 0 Å². The van der Waals surface area contributed by atoms with Gasteiger partial charge in [-0.3, -0.25) is 0 Å². The van der Waals surface area contributed by atoms with Gasteiger partial charge in [-0.25, -0.2) is 0 Å². The molecule has 0 N–H and O–H groups in total. The van der Waals surface area contributed by atoms with E-state index in [1.807, 2.05) is 0 Å². The molecule has 0 fully saturated rings. The quantitative estimate of drug-likeness (QED) is 0.515. The average Bonchev–Trinajstić information content (AvgIpc) is 2.87. The van der Waals surface area contributed by atoms with Gasteiger partial charge >= 0.3 is 0 Å². The fraction of sp³-hybridized carbons (Fsp3) is 0.400. The van der Waals surface area contributed by atoms with Gasteiger partial charge < -0.3 is 0 Å². The Morgan fingerprint density at radius 2 is 1.25 bits per heavy atom. The zero-order valence-corrected chi connectivity index (χ0v) is 12.1. The second-order valence-electron chi connectivity index (χ2n) is 6.38. The molecule has 102 valence electrons. The van der Waals surface area contributed by atoms with Crippen LogP contribution in [0.15, 0.2) is 36.4 Å². The Bertz CT molecular complexity index is 636. The summed E-state index contributed by atoms with van der Waals surface area (Å²) in [6.07, 6.45) is 10.7. The molecule has 0 bridgehead atoms. The van der Waals surface area contributed by atoms with Crippen LogP contribution in [0, 0.1) is 0 Å². The molecule has 0 nitrogen and oxygen atoms in total. The first kappa shape index (κ1) is 12.2. The molecule has 0 unspecified atom stereocenters. The first-order valence-corrected chi connectivity index (χ1v) is 8.15. The van der Waals surface area contributed by atoms with Crippen LogP contribution >= 0.6 is 0 Å². The van der Waals surface area contributed by atoms with Gasteiger partial charge in [-0.15, -0.1) is 0 Å². The van der Waals surface area contributed by atoms with Crippen LogP contribution in [0.5, 0.6) is 0 Å². The van der Waals surface area contributed by atoms with E-state index in [4.69, 9.17) is 0 Å². The van der Waals surface area contributed by atoms with Gasteiger partial charge in [0.15, 0.2) is 0 Å². The molecule has 0 saturated carbocycles. The number of rotatable bonds is 0. The lowest BCUT2D eigenvalue weighted by atomic mass is 9.93. The summed E-state index contributed by atoms with van der Waals surface area (Å²) in [7, 11) is 0. The minimum atomic E-state index is 1.14. The fourth-order valence-corrected chi connectivity index (χ4v) is 3.91. The molecular formula is C20H22. The molecule has 2 aromatic carbocycles. The van der Waals surface area contributed by atoms with Crippen LogP contribution in [-0.4, -0.2) is 0 Å². The predicted molar refractivity (Wildman–Crippen MR) is 85.2 cm³/mol. The van der Waals surface area contributed by atoms with Crippen LogP contribution in [0.1, 0.15) is 54.4 Å². The highest BCUT2D eigenvalue weighted by Gasteiger charge is 2.20. The summed E-state index contributed by atoms with van der Waals surface area (Å²) >= 11 is 0. The van der Waals surface area contributed by atoms with E-state index in [1.165, 1.54) is 61.6 Å². The van der Waals surface area contributed by atoms with Gasteiger partial charge in [0.1, 0.15) is 0 Å². The number of hydrogen-bond donors (Lipinski definition) is 0. The van der Waals surface area contributed by atoms with Gasteiger partial charge in [0, 0.05) is 0 Å². The van der Waals surface area contributed by atoms with E-state index in [0.29, 0.717) is 0 Å². The first-order valence-electron chi connectivity index (χ1n) is 8.15. The third-order valence-electron chi connectivity index (χ3n) is 5.01. The molecule has 0 amide bonds. The van der Waals surface area contributed by atoms with E-state index in [1.54, 1.807) is 16.7 Å². The molecule has 4 rings (SSSR count). The molecule has 0 spiro atoms. The molecule has 0 atom stereocenters. The van der Waals surface area contributed by atoms with Crippen molar-refractivity contribution in [1.82, 2.24) is 0 Å². The average molecular weight is 262 g/mol. The van der Waals surface area contributed by atoms with Crippen LogP contribution in [0.25, 0.3) is 11.1 Å². The maximum Gasteiger partial charge on any atom is -0.00134 e. The minimum absolute atomic E-state index is 1.14. The number of hydrogen-bond acceptors (Lipinski definition) is 0. The molecule has 2 aromatic rings. The van der Waals surface area contributed by atoms with Crippen molar-refractivity contribution in [3.63, 3.8) is 0 Å². The van der Waals surface area contributed by atoms with Crippen molar-refractivity contribution in [2.24, 2.45) is 0 Å². The Hall–Kier alpha value is -1.56. The molecule has 0 aliphatic heterocycles. The van der Waals surface area contributed by atoms with Crippen LogP contribution in [0.4, 0.5) is 0 Å². The lowest BCUT2D eigenvalue weighted by Crippen LogP contribution is -1.96. The highest BCUT2D eigenvalue weighted by Crippen LogP contribution is 2.38. The topological polar surface area (TPSA) is 0 Å². The van der Waals surface area contributed by atoms with Crippen molar-refractivity contribution in [2.75, 3.05) is 0 Å². The van der Waals surface area contributed by atoms with Crippen molar-refractivity contribution in [1.29, 1.82) is 0 Å². The van der Waals surface area contributed by atoms with E-state index in [9.17, 15) is 0 Å². The van der Waals surface area contributed by atoms with Crippen molar-refractivity contribution in [3.8, 4) is 11.1 Å². The number of aryl methyl sites for hydroxylation is 2. The molecule has 0 saturated heterocycles. The standard InChI is InChI=1S/C20H22/c1-2-4-8-15-12-18-13-17-10-6-7-11-19(17)20(18)14-16(15)9-5-3-1/h6-7,10-12,14H,1-5,8-9,13H2. The van der Waals surface area contributed by atoms with Gasteiger partial charge in [0.25, 0.3) is 0 Å². The third kappa shape index (κ3) is 2.08. The van der Waals surface area contributed by atoms with Crippen molar-refractivity contribution >= 4 is 0 Å². The monoisotopic (exact) mass is 262 g/mol. The largest absolute Gasteiger partial charge is 0.0619 e. The molecular weight excluding hydrogens is 240 g/mol. The third-order valence-corrected chi connectivity index (χ3v) is 5.01. The zero-order valence-electron chi connectivity index (χ0n) is 12.1. The Kier molecular flexibility index (Phi) is 3.10. The highest BCUT2D eigenvalue weighted by molar-refractivity contribution is 5.77. The first-order chi connectivity index (χ1) is 9.92. The fourth-order valence-electron chi connectivity index (χ4n) is 3.91. The second-order valence-corrected chi connectivity index (χ2v) is 6.38. The second kappa shape index (κ2) is 5.09. The summed E-state index contributed by atoms with van der Waals surface area (Å²) in [6.45, 7) is 0. The Labute approximate surface area is 121 Å². The zero-order chi connectivity index (χ0) is 13.4. The SMILES string of the molecule is c1ccc2c(c1)Cc1cc3c(cc1-2)CCCCCCC3. The van der Waals surface area contributed by atoms with Crippen LogP contribution in [-0.2, 0) is 19.3 Å². The lowest BCUT2D eigenvalue weighted by molar-refractivity contribution is 0.629. The molecule has 0 radical (unpaired) electrons. The van der Waals surface area contributed by atoms with E-state index < -0.39 is 0 Å². The normalized spacial score (nSPS) is 17.4. The summed E-state index contributed by atoms with van der Waals surface area (Å²) in [5.74, 6) is 0. The van der Waals surface area contributed by atoms with E-state index in [-0.39, 0.29) is 0 Å². The molecule has 0 heteroatoms. The summed E-state index contributed by atoms with van der Waals surface area (Å²) in [4.78, 5) is 0. The van der Waals surface area contributed by atoms with Gasteiger partial charge in [-0.05, 0) is 65.5 Å². The molecule has 2 aliphatic carbocycles. The summed E-state index contributed by atoms with van der Waals surface area (Å²) in [5, 5.41) is 0. The molecule has 0 heterocycles. The maximum absolute atomic E-state index is 2.52. The van der Waals surface area contributed by atoms with Crippen molar-refractivity contribution < 1.29 is 0 Å². The Morgan fingerprint density at radius 3 is 2.10 bits per heavy atom.